The average molecular weight is 430 g/mol. The minimum atomic E-state index is -3.16. The van der Waals surface area contributed by atoms with Crippen molar-refractivity contribution < 1.29 is 18.1 Å². The second-order valence-corrected chi connectivity index (χ2v) is 8.85. The van der Waals surface area contributed by atoms with Crippen molar-refractivity contribution in [2.45, 2.75) is 0 Å². The monoisotopic (exact) mass is 430 g/mol. The summed E-state index contributed by atoms with van der Waals surface area (Å²) in [5.41, 5.74) is 2.09. The SMILES string of the molecule is CS(=O)(=O)N1CCN(c2ccc(NC(=O)C=Cc3cccc([N+](=O)[O-])c3)cc2)CC1. The van der Waals surface area contributed by atoms with Gasteiger partial charge in [0.25, 0.3) is 5.69 Å². The molecule has 0 atom stereocenters. The standard InChI is InChI=1S/C20H22N4O5S/c1-30(28,29)23-13-11-22(12-14-23)18-8-6-17(7-9-18)21-20(25)10-5-16-3-2-4-19(15-16)24(26)27/h2-10,15H,11-14H2,1H3,(H,21,25). The fourth-order valence-corrected chi connectivity index (χ4v) is 3.96. The summed E-state index contributed by atoms with van der Waals surface area (Å²) < 4.78 is 24.7. The molecular weight excluding hydrogens is 408 g/mol. The Labute approximate surface area is 174 Å². The first-order valence-electron chi connectivity index (χ1n) is 9.26. The van der Waals surface area contributed by atoms with Gasteiger partial charge in [0, 0.05) is 55.8 Å². The first kappa shape index (κ1) is 21.5. The molecule has 158 valence electrons. The highest BCUT2D eigenvalue weighted by atomic mass is 32.2. The number of hydrogen-bond acceptors (Lipinski definition) is 6. The summed E-state index contributed by atoms with van der Waals surface area (Å²) in [4.78, 5) is 24.5. The molecule has 1 saturated heterocycles. The molecule has 1 amide bonds. The lowest BCUT2D eigenvalue weighted by Crippen LogP contribution is -2.48. The van der Waals surface area contributed by atoms with Crippen molar-refractivity contribution in [3.8, 4) is 0 Å². The molecule has 2 aromatic carbocycles. The van der Waals surface area contributed by atoms with E-state index in [1.807, 2.05) is 12.1 Å². The number of benzene rings is 2. The second kappa shape index (κ2) is 9.06. The Hall–Kier alpha value is -3.24. The van der Waals surface area contributed by atoms with E-state index >= 15 is 0 Å². The Bertz CT molecular complexity index is 1060. The third kappa shape index (κ3) is 5.65. The van der Waals surface area contributed by atoms with Crippen LogP contribution in [0.25, 0.3) is 6.08 Å². The predicted octanol–water partition coefficient (Wildman–Crippen LogP) is 2.33. The summed E-state index contributed by atoms with van der Waals surface area (Å²) in [6.45, 7) is 2.09. The first-order chi connectivity index (χ1) is 14.2. The van der Waals surface area contributed by atoms with Gasteiger partial charge in [-0.2, -0.15) is 4.31 Å². The van der Waals surface area contributed by atoms with Crippen LogP contribution in [0, 0.1) is 10.1 Å². The predicted molar refractivity (Wildman–Crippen MR) is 116 cm³/mol. The summed E-state index contributed by atoms with van der Waals surface area (Å²) >= 11 is 0. The Morgan fingerprint density at radius 3 is 2.37 bits per heavy atom. The summed E-state index contributed by atoms with van der Waals surface area (Å²) in [5.74, 6) is -0.351. The van der Waals surface area contributed by atoms with Crippen LogP contribution in [0.5, 0.6) is 0 Å². The van der Waals surface area contributed by atoms with Gasteiger partial charge < -0.3 is 10.2 Å². The Balaban J connectivity index is 1.56. The number of amides is 1. The van der Waals surface area contributed by atoms with E-state index in [-0.39, 0.29) is 11.6 Å². The number of sulfonamides is 1. The minimum absolute atomic E-state index is 0.0366. The van der Waals surface area contributed by atoms with Gasteiger partial charge in [0.1, 0.15) is 0 Å². The van der Waals surface area contributed by atoms with Gasteiger partial charge in [-0.25, -0.2) is 8.42 Å². The number of hydrogen-bond donors (Lipinski definition) is 1. The maximum absolute atomic E-state index is 12.1. The smallest absolute Gasteiger partial charge is 0.270 e. The zero-order valence-electron chi connectivity index (χ0n) is 16.4. The highest BCUT2D eigenvalue weighted by Gasteiger charge is 2.23. The molecule has 10 heteroatoms. The van der Waals surface area contributed by atoms with Gasteiger partial charge in [0.05, 0.1) is 11.2 Å². The van der Waals surface area contributed by atoms with Crippen LogP contribution in [-0.2, 0) is 14.8 Å². The molecule has 0 unspecified atom stereocenters. The first-order valence-corrected chi connectivity index (χ1v) is 11.1. The fourth-order valence-electron chi connectivity index (χ4n) is 3.13. The summed E-state index contributed by atoms with van der Waals surface area (Å²) in [6, 6.07) is 13.3. The summed E-state index contributed by atoms with van der Waals surface area (Å²) in [7, 11) is -3.16. The second-order valence-electron chi connectivity index (χ2n) is 6.87. The highest BCUT2D eigenvalue weighted by molar-refractivity contribution is 7.88. The molecule has 0 bridgehead atoms. The molecular formula is C20H22N4O5S. The number of nitrogens with zero attached hydrogens (tertiary/aromatic N) is 3. The number of nitro groups is 1. The van der Waals surface area contributed by atoms with Crippen LogP contribution in [0.15, 0.2) is 54.6 Å². The van der Waals surface area contributed by atoms with E-state index in [2.05, 4.69) is 10.2 Å². The van der Waals surface area contributed by atoms with Crippen LogP contribution in [0.1, 0.15) is 5.56 Å². The molecule has 30 heavy (non-hydrogen) atoms. The molecule has 0 aliphatic carbocycles. The summed E-state index contributed by atoms with van der Waals surface area (Å²) in [5, 5.41) is 13.5. The van der Waals surface area contributed by atoms with Gasteiger partial charge in [0.15, 0.2) is 0 Å². The van der Waals surface area contributed by atoms with E-state index in [1.54, 1.807) is 24.3 Å². The molecule has 0 saturated carbocycles. The number of non-ortho nitro benzene ring substituents is 1. The lowest BCUT2D eigenvalue weighted by molar-refractivity contribution is -0.384. The normalized spacial score (nSPS) is 15.3. The molecule has 1 heterocycles. The molecule has 1 fully saturated rings. The van der Waals surface area contributed by atoms with Crippen molar-refractivity contribution in [3.05, 3.63) is 70.3 Å². The van der Waals surface area contributed by atoms with Gasteiger partial charge in [-0.1, -0.05) is 12.1 Å². The molecule has 9 nitrogen and oxygen atoms in total. The van der Waals surface area contributed by atoms with Crippen molar-refractivity contribution in [3.63, 3.8) is 0 Å². The molecule has 2 aromatic rings. The summed E-state index contributed by atoms with van der Waals surface area (Å²) in [6.07, 6.45) is 4.04. The van der Waals surface area contributed by atoms with E-state index in [1.165, 1.54) is 34.8 Å². The van der Waals surface area contributed by atoms with E-state index in [0.29, 0.717) is 37.4 Å². The number of rotatable bonds is 6. The third-order valence-corrected chi connectivity index (χ3v) is 6.02. The number of anilines is 2. The van der Waals surface area contributed by atoms with E-state index in [0.717, 1.165) is 5.69 Å². The van der Waals surface area contributed by atoms with Crippen LogP contribution in [0.2, 0.25) is 0 Å². The minimum Gasteiger partial charge on any atom is -0.369 e. The average Bonchev–Trinajstić information content (AvgIpc) is 2.72. The van der Waals surface area contributed by atoms with Gasteiger partial charge in [-0.3, -0.25) is 14.9 Å². The van der Waals surface area contributed by atoms with Crippen LogP contribution in [0.4, 0.5) is 17.1 Å². The van der Waals surface area contributed by atoms with Gasteiger partial charge in [0.2, 0.25) is 15.9 Å². The quantitative estimate of drug-likeness (QED) is 0.428. The number of nitro benzene ring substituents is 1. The van der Waals surface area contributed by atoms with E-state index in [4.69, 9.17) is 0 Å². The van der Waals surface area contributed by atoms with E-state index in [9.17, 15) is 23.3 Å². The lowest BCUT2D eigenvalue weighted by atomic mass is 10.2. The van der Waals surface area contributed by atoms with Crippen molar-refractivity contribution >= 4 is 39.1 Å². The van der Waals surface area contributed by atoms with Crippen LogP contribution in [-0.4, -0.2) is 56.0 Å². The third-order valence-electron chi connectivity index (χ3n) is 4.72. The zero-order chi connectivity index (χ0) is 21.7. The molecule has 3 rings (SSSR count). The van der Waals surface area contributed by atoms with Crippen LogP contribution in [0.3, 0.4) is 0 Å². The number of nitrogens with one attached hydrogen (secondary N) is 1. The van der Waals surface area contributed by atoms with Crippen LogP contribution >= 0.6 is 0 Å². The number of carbonyl (C=O) groups excluding carboxylic acids is 1. The number of carbonyl (C=O) groups is 1. The molecule has 1 aliphatic rings. The van der Waals surface area contributed by atoms with Gasteiger partial charge >= 0.3 is 0 Å². The van der Waals surface area contributed by atoms with Crippen molar-refractivity contribution in [2.24, 2.45) is 0 Å². The zero-order valence-corrected chi connectivity index (χ0v) is 17.2. The Morgan fingerprint density at radius 1 is 1.10 bits per heavy atom. The fraction of sp³-hybridized carbons (Fsp3) is 0.250. The maximum atomic E-state index is 12.1. The van der Waals surface area contributed by atoms with E-state index < -0.39 is 14.9 Å². The van der Waals surface area contributed by atoms with Crippen LogP contribution < -0.4 is 10.2 Å². The maximum Gasteiger partial charge on any atom is 0.270 e. The number of piperazine rings is 1. The Kier molecular flexibility index (Phi) is 6.48. The van der Waals surface area contributed by atoms with Gasteiger partial charge in [-0.15, -0.1) is 0 Å². The van der Waals surface area contributed by atoms with Gasteiger partial charge in [-0.05, 0) is 35.9 Å². The Morgan fingerprint density at radius 2 is 1.77 bits per heavy atom. The molecule has 1 aliphatic heterocycles. The largest absolute Gasteiger partial charge is 0.369 e. The molecule has 0 aromatic heterocycles. The van der Waals surface area contributed by atoms with Crippen molar-refractivity contribution in [2.75, 3.05) is 42.7 Å². The molecule has 0 radical (unpaired) electrons. The van der Waals surface area contributed by atoms with Crippen molar-refractivity contribution in [1.29, 1.82) is 0 Å². The lowest BCUT2D eigenvalue weighted by Gasteiger charge is -2.34. The highest BCUT2D eigenvalue weighted by Crippen LogP contribution is 2.20. The topological polar surface area (TPSA) is 113 Å². The molecule has 1 N–H and O–H groups in total. The van der Waals surface area contributed by atoms with Crippen molar-refractivity contribution in [1.82, 2.24) is 4.31 Å². The molecule has 0 spiro atoms.